The van der Waals surface area contributed by atoms with E-state index in [9.17, 15) is 9.59 Å². The predicted molar refractivity (Wildman–Crippen MR) is 87.6 cm³/mol. The summed E-state index contributed by atoms with van der Waals surface area (Å²) in [5.74, 6) is 0.264. The van der Waals surface area contributed by atoms with Gasteiger partial charge in [-0.15, -0.1) is 0 Å². The first-order valence-corrected chi connectivity index (χ1v) is 8.30. The average Bonchev–Trinajstić information content (AvgIpc) is 2.59. The highest BCUT2D eigenvalue weighted by Gasteiger charge is 2.28. The maximum absolute atomic E-state index is 12.4. The summed E-state index contributed by atoms with van der Waals surface area (Å²) in [4.78, 5) is 26.5. The Morgan fingerprint density at radius 3 is 2.27 bits per heavy atom. The molecule has 1 aliphatic heterocycles. The number of hydrogen-bond donors (Lipinski definition) is 1. The summed E-state index contributed by atoms with van der Waals surface area (Å²) in [6, 6.07) is 9.62. The van der Waals surface area contributed by atoms with Gasteiger partial charge in [-0.25, -0.2) is 0 Å². The molecule has 4 nitrogen and oxygen atoms in total. The monoisotopic (exact) mass is 302 g/mol. The van der Waals surface area contributed by atoms with E-state index in [-0.39, 0.29) is 23.8 Å². The number of likely N-dealkylation sites (tertiary alicyclic amines) is 1. The van der Waals surface area contributed by atoms with Crippen molar-refractivity contribution in [2.45, 2.75) is 45.6 Å². The molecule has 2 amide bonds. The van der Waals surface area contributed by atoms with Crippen molar-refractivity contribution in [3.8, 4) is 0 Å². The normalized spacial score (nSPS) is 15.9. The summed E-state index contributed by atoms with van der Waals surface area (Å²) >= 11 is 0. The summed E-state index contributed by atoms with van der Waals surface area (Å²) in [5, 5.41) is 3.12. The van der Waals surface area contributed by atoms with Crippen LogP contribution < -0.4 is 5.32 Å². The number of benzene rings is 1. The number of amides is 2. The highest BCUT2D eigenvalue weighted by Crippen LogP contribution is 2.19. The third kappa shape index (κ3) is 4.09. The molecule has 0 atom stereocenters. The molecule has 4 heteroatoms. The van der Waals surface area contributed by atoms with Crippen LogP contribution in [0.5, 0.6) is 0 Å². The average molecular weight is 302 g/mol. The maximum atomic E-state index is 12.4. The Balaban J connectivity index is 1.85. The number of carbonyl (C=O) groups is 2. The SMILES string of the molecule is CCC(CC)NC(=O)C1CCN(C(=O)c2ccccc2)CC1. The van der Waals surface area contributed by atoms with Crippen molar-refractivity contribution < 1.29 is 9.59 Å². The van der Waals surface area contributed by atoms with Gasteiger partial charge in [0.05, 0.1) is 0 Å². The molecule has 120 valence electrons. The lowest BCUT2D eigenvalue weighted by Gasteiger charge is -2.32. The molecule has 0 unspecified atom stereocenters. The Morgan fingerprint density at radius 1 is 1.14 bits per heavy atom. The molecule has 0 saturated carbocycles. The van der Waals surface area contributed by atoms with Crippen molar-refractivity contribution in [1.82, 2.24) is 10.2 Å². The molecular weight excluding hydrogens is 276 g/mol. The summed E-state index contributed by atoms with van der Waals surface area (Å²) in [5.41, 5.74) is 0.724. The number of nitrogens with zero attached hydrogens (tertiary/aromatic N) is 1. The molecule has 1 N–H and O–H groups in total. The second-order valence-corrected chi connectivity index (χ2v) is 5.95. The highest BCUT2D eigenvalue weighted by molar-refractivity contribution is 5.94. The van der Waals surface area contributed by atoms with Gasteiger partial charge in [-0.1, -0.05) is 32.0 Å². The van der Waals surface area contributed by atoms with Crippen LogP contribution in [0.25, 0.3) is 0 Å². The molecular formula is C18H26N2O2. The molecule has 0 aliphatic carbocycles. The van der Waals surface area contributed by atoms with Crippen LogP contribution in [0.3, 0.4) is 0 Å². The minimum absolute atomic E-state index is 0.0421. The van der Waals surface area contributed by atoms with Crippen LogP contribution in [0.2, 0.25) is 0 Å². The standard InChI is InChI=1S/C18H26N2O2/c1-3-16(4-2)19-17(21)14-10-12-20(13-11-14)18(22)15-8-6-5-7-9-15/h5-9,14,16H,3-4,10-13H2,1-2H3,(H,19,21). The number of piperidine rings is 1. The topological polar surface area (TPSA) is 49.4 Å². The van der Waals surface area contributed by atoms with Gasteiger partial charge < -0.3 is 10.2 Å². The minimum Gasteiger partial charge on any atom is -0.353 e. The van der Waals surface area contributed by atoms with E-state index >= 15 is 0 Å². The van der Waals surface area contributed by atoms with E-state index in [1.54, 1.807) is 0 Å². The van der Waals surface area contributed by atoms with E-state index in [1.807, 2.05) is 35.2 Å². The van der Waals surface area contributed by atoms with Crippen LogP contribution in [0.15, 0.2) is 30.3 Å². The molecule has 0 spiro atoms. The van der Waals surface area contributed by atoms with Gasteiger partial charge in [0.2, 0.25) is 5.91 Å². The fraction of sp³-hybridized carbons (Fsp3) is 0.556. The van der Waals surface area contributed by atoms with E-state index in [1.165, 1.54) is 0 Å². The van der Waals surface area contributed by atoms with E-state index in [0.717, 1.165) is 31.2 Å². The van der Waals surface area contributed by atoms with Gasteiger partial charge in [0.1, 0.15) is 0 Å². The van der Waals surface area contributed by atoms with Crippen LogP contribution in [-0.2, 0) is 4.79 Å². The Morgan fingerprint density at radius 2 is 1.73 bits per heavy atom. The van der Waals surface area contributed by atoms with E-state index in [2.05, 4.69) is 19.2 Å². The number of carbonyl (C=O) groups excluding carboxylic acids is 2. The zero-order valence-corrected chi connectivity index (χ0v) is 13.5. The van der Waals surface area contributed by atoms with Crippen molar-refractivity contribution in [3.05, 3.63) is 35.9 Å². The molecule has 0 radical (unpaired) electrons. The second kappa shape index (κ2) is 7.97. The summed E-state index contributed by atoms with van der Waals surface area (Å²) in [6.45, 7) is 5.51. The van der Waals surface area contributed by atoms with Crippen LogP contribution in [0, 0.1) is 5.92 Å². The zero-order chi connectivity index (χ0) is 15.9. The first-order valence-electron chi connectivity index (χ1n) is 8.30. The third-order valence-electron chi connectivity index (χ3n) is 4.51. The first kappa shape index (κ1) is 16.5. The van der Waals surface area contributed by atoms with Gasteiger partial charge in [-0.3, -0.25) is 9.59 Å². The molecule has 2 rings (SSSR count). The molecule has 0 bridgehead atoms. The predicted octanol–water partition coefficient (Wildman–Crippen LogP) is 2.84. The van der Waals surface area contributed by atoms with Crippen LogP contribution in [-0.4, -0.2) is 35.8 Å². The molecule has 0 aromatic heterocycles. The summed E-state index contributed by atoms with van der Waals surface area (Å²) in [7, 11) is 0. The number of rotatable bonds is 5. The van der Waals surface area contributed by atoms with Crippen LogP contribution in [0.4, 0.5) is 0 Å². The van der Waals surface area contributed by atoms with Crippen molar-refractivity contribution in [1.29, 1.82) is 0 Å². The summed E-state index contributed by atoms with van der Waals surface area (Å²) in [6.07, 6.45) is 3.44. The lowest BCUT2D eigenvalue weighted by atomic mass is 9.94. The fourth-order valence-electron chi connectivity index (χ4n) is 2.92. The Labute approximate surface area is 132 Å². The highest BCUT2D eigenvalue weighted by atomic mass is 16.2. The smallest absolute Gasteiger partial charge is 0.253 e. The summed E-state index contributed by atoms with van der Waals surface area (Å²) < 4.78 is 0. The van der Waals surface area contributed by atoms with E-state index < -0.39 is 0 Å². The lowest BCUT2D eigenvalue weighted by molar-refractivity contribution is -0.127. The van der Waals surface area contributed by atoms with Crippen molar-refractivity contribution in [2.75, 3.05) is 13.1 Å². The van der Waals surface area contributed by atoms with Crippen molar-refractivity contribution in [2.24, 2.45) is 5.92 Å². The van der Waals surface area contributed by atoms with Crippen molar-refractivity contribution in [3.63, 3.8) is 0 Å². The van der Waals surface area contributed by atoms with E-state index in [0.29, 0.717) is 13.1 Å². The molecule has 22 heavy (non-hydrogen) atoms. The van der Waals surface area contributed by atoms with Crippen molar-refractivity contribution >= 4 is 11.8 Å². The van der Waals surface area contributed by atoms with Crippen LogP contribution in [0.1, 0.15) is 49.9 Å². The fourth-order valence-corrected chi connectivity index (χ4v) is 2.92. The number of hydrogen-bond acceptors (Lipinski definition) is 2. The Bertz CT molecular complexity index is 489. The van der Waals surface area contributed by atoms with Gasteiger partial charge in [0.25, 0.3) is 5.91 Å². The molecule has 1 saturated heterocycles. The van der Waals surface area contributed by atoms with Gasteiger partial charge in [0.15, 0.2) is 0 Å². The zero-order valence-electron chi connectivity index (χ0n) is 13.5. The molecule has 1 fully saturated rings. The van der Waals surface area contributed by atoms with Crippen LogP contribution >= 0.6 is 0 Å². The first-order chi connectivity index (χ1) is 10.7. The van der Waals surface area contributed by atoms with Gasteiger partial charge in [-0.2, -0.15) is 0 Å². The lowest BCUT2D eigenvalue weighted by Crippen LogP contribution is -2.45. The van der Waals surface area contributed by atoms with Gasteiger partial charge in [0, 0.05) is 30.6 Å². The minimum atomic E-state index is 0.0421. The largest absolute Gasteiger partial charge is 0.353 e. The molecule has 1 aromatic rings. The van der Waals surface area contributed by atoms with Gasteiger partial charge >= 0.3 is 0 Å². The molecule has 1 aromatic carbocycles. The second-order valence-electron chi connectivity index (χ2n) is 5.95. The molecule has 1 aliphatic rings. The third-order valence-corrected chi connectivity index (χ3v) is 4.51. The Hall–Kier alpha value is -1.84. The quantitative estimate of drug-likeness (QED) is 0.909. The maximum Gasteiger partial charge on any atom is 0.253 e. The van der Waals surface area contributed by atoms with E-state index in [4.69, 9.17) is 0 Å². The number of nitrogens with one attached hydrogen (secondary N) is 1. The Kier molecular flexibility index (Phi) is 5.99. The molecule has 1 heterocycles. The van der Waals surface area contributed by atoms with Gasteiger partial charge in [-0.05, 0) is 37.8 Å².